The number of nitrogens with zero attached hydrogens (tertiary/aromatic N) is 2. The highest BCUT2D eigenvalue weighted by Crippen LogP contribution is 2.34. The third-order valence-corrected chi connectivity index (χ3v) is 7.39. The van der Waals surface area contributed by atoms with Gasteiger partial charge in [-0.25, -0.2) is 0 Å². The lowest BCUT2D eigenvalue weighted by Gasteiger charge is -2.31. The molecule has 35 heavy (non-hydrogen) atoms. The van der Waals surface area contributed by atoms with Crippen LogP contribution in [-0.4, -0.2) is 45.3 Å². The van der Waals surface area contributed by atoms with Gasteiger partial charge < -0.3 is 14.6 Å². The highest BCUT2D eigenvalue weighted by molar-refractivity contribution is 6.42. The Balaban J connectivity index is 1.67. The van der Waals surface area contributed by atoms with E-state index in [1.807, 2.05) is 19.1 Å². The van der Waals surface area contributed by atoms with Crippen molar-refractivity contribution in [1.82, 2.24) is 9.47 Å². The second kappa shape index (κ2) is 9.77. The van der Waals surface area contributed by atoms with Crippen molar-refractivity contribution in [1.29, 1.82) is 0 Å². The second-order valence-corrected chi connectivity index (χ2v) is 9.69. The van der Waals surface area contributed by atoms with Crippen LogP contribution in [0, 0.1) is 25.2 Å². The van der Waals surface area contributed by atoms with Gasteiger partial charge in [-0.1, -0.05) is 29.1 Å². The van der Waals surface area contributed by atoms with Crippen LogP contribution in [0.25, 0.3) is 10.9 Å². The van der Waals surface area contributed by atoms with E-state index in [4.69, 9.17) is 34.7 Å². The molecular weight excluding hydrogens is 487 g/mol. The van der Waals surface area contributed by atoms with Crippen LogP contribution in [0.4, 0.5) is 0 Å². The zero-order valence-corrected chi connectivity index (χ0v) is 20.9. The zero-order chi connectivity index (χ0) is 25.4. The maximum Gasteiger partial charge on any atom is 0.303 e. The number of terminal acetylenes is 1. The van der Waals surface area contributed by atoms with E-state index in [0.29, 0.717) is 37.2 Å². The minimum absolute atomic E-state index is 0.00597. The predicted octanol–water partition coefficient (Wildman–Crippen LogP) is 5.33. The summed E-state index contributed by atoms with van der Waals surface area (Å²) in [6.07, 6.45) is 6.86. The average Bonchev–Trinajstić information content (AvgIpc) is 3.15. The smallest absolute Gasteiger partial charge is 0.303 e. The maximum absolute atomic E-state index is 13.6. The number of piperidine rings is 1. The largest absolute Gasteiger partial charge is 0.481 e. The summed E-state index contributed by atoms with van der Waals surface area (Å²) in [4.78, 5) is 39.5. The topological polar surface area (TPSA) is 79.6 Å². The van der Waals surface area contributed by atoms with Gasteiger partial charge in [0.05, 0.1) is 26.9 Å². The monoisotopic (exact) mass is 510 g/mol. The molecule has 1 aliphatic heterocycles. The number of hydrogen-bond acceptors (Lipinski definition) is 3. The zero-order valence-electron chi connectivity index (χ0n) is 19.4. The Bertz CT molecular complexity index is 1410. The highest BCUT2D eigenvalue weighted by atomic mass is 35.5. The van der Waals surface area contributed by atoms with Crippen molar-refractivity contribution in [2.24, 2.45) is 13.0 Å². The van der Waals surface area contributed by atoms with Crippen molar-refractivity contribution in [2.75, 3.05) is 13.1 Å². The molecule has 0 bridgehead atoms. The molecule has 180 valence electrons. The normalized spacial score (nSPS) is 14.2. The molecule has 1 aliphatic rings. The first-order valence-electron chi connectivity index (χ1n) is 11.2. The molecule has 0 aliphatic carbocycles. The summed E-state index contributed by atoms with van der Waals surface area (Å²) >= 11 is 13.0. The van der Waals surface area contributed by atoms with Gasteiger partial charge >= 0.3 is 5.97 Å². The van der Waals surface area contributed by atoms with E-state index in [2.05, 4.69) is 5.92 Å². The lowest BCUT2D eigenvalue weighted by Crippen LogP contribution is -2.39. The second-order valence-electron chi connectivity index (χ2n) is 8.91. The van der Waals surface area contributed by atoms with Crippen molar-refractivity contribution in [3.05, 3.63) is 68.3 Å². The fourth-order valence-electron chi connectivity index (χ4n) is 4.72. The number of carbonyl (C=O) groups is 3. The SMILES string of the molecule is C#Cc1cc(C)c2cc(C(=O)c3c(Cl)ccc(C(=O)N4CCC(CC(=O)O)CC4)c3Cl)n(C)c2c1. The molecule has 1 N–H and O–H groups in total. The van der Waals surface area contributed by atoms with Crippen LogP contribution < -0.4 is 0 Å². The number of carbonyl (C=O) groups excluding carboxylic acids is 2. The number of fused-ring (bicyclic) bond motifs is 1. The van der Waals surface area contributed by atoms with E-state index < -0.39 is 11.8 Å². The van der Waals surface area contributed by atoms with E-state index in [9.17, 15) is 14.4 Å². The van der Waals surface area contributed by atoms with Gasteiger partial charge in [-0.3, -0.25) is 14.4 Å². The third-order valence-electron chi connectivity index (χ3n) is 6.68. The molecule has 0 atom stereocenters. The summed E-state index contributed by atoms with van der Waals surface area (Å²) < 4.78 is 1.75. The van der Waals surface area contributed by atoms with E-state index in [-0.39, 0.29) is 39.4 Å². The van der Waals surface area contributed by atoms with Gasteiger partial charge in [0.2, 0.25) is 5.78 Å². The van der Waals surface area contributed by atoms with Crippen LogP contribution in [0.5, 0.6) is 0 Å². The van der Waals surface area contributed by atoms with Crippen LogP contribution >= 0.6 is 23.2 Å². The van der Waals surface area contributed by atoms with Gasteiger partial charge in [0.1, 0.15) is 0 Å². The van der Waals surface area contributed by atoms with Gasteiger partial charge in [-0.15, -0.1) is 6.42 Å². The Hall–Kier alpha value is -3.27. The number of rotatable bonds is 5. The Kier molecular flexibility index (Phi) is 6.93. The molecule has 3 aromatic rings. The molecule has 0 unspecified atom stereocenters. The summed E-state index contributed by atoms with van der Waals surface area (Å²) in [5.41, 5.74) is 3.11. The number of aromatic nitrogens is 1. The fraction of sp³-hybridized carbons (Fsp3) is 0.296. The quantitative estimate of drug-likeness (QED) is 0.371. The third kappa shape index (κ3) is 4.67. The number of carboxylic acids is 1. The minimum atomic E-state index is -0.835. The van der Waals surface area contributed by atoms with Crippen LogP contribution in [0.1, 0.15) is 56.8 Å². The number of amides is 1. The van der Waals surface area contributed by atoms with Gasteiger partial charge in [0.25, 0.3) is 5.91 Å². The minimum Gasteiger partial charge on any atom is -0.481 e. The molecule has 2 aromatic carbocycles. The number of aliphatic carboxylic acids is 1. The first-order chi connectivity index (χ1) is 16.6. The van der Waals surface area contributed by atoms with Gasteiger partial charge in [-0.05, 0) is 61.6 Å². The Morgan fingerprint density at radius 2 is 1.83 bits per heavy atom. The van der Waals surface area contributed by atoms with Crippen LogP contribution in [-0.2, 0) is 11.8 Å². The molecule has 1 saturated heterocycles. The van der Waals surface area contributed by atoms with Crippen molar-refractivity contribution >= 4 is 51.8 Å². The first kappa shape index (κ1) is 24.8. The lowest BCUT2D eigenvalue weighted by molar-refractivity contribution is -0.138. The lowest BCUT2D eigenvalue weighted by atomic mass is 9.93. The summed E-state index contributed by atoms with van der Waals surface area (Å²) in [5, 5.41) is 10.1. The molecule has 0 saturated carbocycles. The number of likely N-dealkylation sites (tertiary alicyclic amines) is 1. The maximum atomic E-state index is 13.6. The highest BCUT2D eigenvalue weighted by Gasteiger charge is 2.29. The number of aryl methyl sites for hydroxylation is 2. The molecule has 6 nitrogen and oxygen atoms in total. The Labute approximate surface area is 213 Å². The summed E-state index contributed by atoms with van der Waals surface area (Å²) in [6, 6.07) is 8.54. The summed E-state index contributed by atoms with van der Waals surface area (Å²) in [7, 11) is 1.77. The van der Waals surface area contributed by atoms with E-state index in [1.165, 1.54) is 12.1 Å². The Morgan fingerprint density at radius 3 is 2.46 bits per heavy atom. The van der Waals surface area contributed by atoms with Crippen molar-refractivity contribution < 1.29 is 19.5 Å². The van der Waals surface area contributed by atoms with Crippen molar-refractivity contribution in [3.63, 3.8) is 0 Å². The number of benzene rings is 2. The predicted molar refractivity (Wildman–Crippen MR) is 136 cm³/mol. The fourth-order valence-corrected chi connectivity index (χ4v) is 5.34. The van der Waals surface area contributed by atoms with Crippen LogP contribution in [0.3, 0.4) is 0 Å². The molecule has 2 heterocycles. The van der Waals surface area contributed by atoms with Crippen LogP contribution in [0.15, 0.2) is 30.3 Å². The standard InChI is InChI=1S/C27H24Cl2N2O4/c1-4-16-11-15(2)19-14-22(30(3)21(19)12-16)26(34)24-20(28)6-5-18(25(24)29)27(35)31-9-7-17(8-10-31)13-23(32)33/h1,5-6,11-12,14,17H,7-10,13H2,2-3H3,(H,32,33). The van der Waals surface area contributed by atoms with Gasteiger partial charge in [0, 0.05) is 43.0 Å². The number of hydrogen-bond donors (Lipinski definition) is 1. The van der Waals surface area contributed by atoms with E-state index in [1.54, 1.807) is 22.6 Å². The van der Waals surface area contributed by atoms with Gasteiger partial charge in [-0.2, -0.15) is 0 Å². The number of halogens is 2. The van der Waals surface area contributed by atoms with Gasteiger partial charge in [0.15, 0.2) is 0 Å². The first-order valence-corrected chi connectivity index (χ1v) is 12.0. The van der Waals surface area contributed by atoms with Crippen molar-refractivity contribution in [2.45, 2.75) is 26.2 Å². The molecular formula is C27H24Cl2N2O4. The van der Waals surface area contributed by atoms with Crippen LogP contribution in [0.2, 0.25) is 10.0 Å². The summed E-state index contributed by atoms with van der Waals surface area (Å²) in [5.74, 6) is 1.13. The number of ketones is 1. The number of carboxylic acid groups (broad SMARTS) is 1. The molecule has 1 aromatic heterocycles. The van der Waals surface area contributed by atoms with Crippen molar-refractivity contribution in [3.8, 4) is 12.3 Å². The molecule has 0 radical (unpaired) electrons. The van der Waals surface area contributed by atoms with E-state index >= 15 is 0 Å². The molecule has 4 rings (SSSR count). The summed E-state index contributed by atoms with van der Waals surface area (Å²) in [6.45, 7) is 2.79. The average molecular weight is 511 g/mol. The Morgan fingerprint density at radius 1 is 1.14 bits per heavy atom. The molecule has 1 fully saturated rings. The van der Waals surface area contributed by atoms with E-state index in [0.717, 1.165) is 16.5 Å². The molecule has 0 spiro atoms. The molecule has 1 amide bonds. The molecule has 8 heteroatoms.